The minimum atomic E-state index is -0.236. The maximum atomic E-state index is 11.5. The number of amides is 1. The molecule has 1 rings (SSSR count). The predicted octanol–water partition coefficient (Wildman–Crippen LogP) is 2.82. The molecule has 0 fully saturated rings. The molecule has 94 valence electrons. The van der Waals surface area contributed by atoms with E-state index in [1.807, 2.05) is 6.92 Å². The van der Waals surface area contributed by atoms with Gasteiger partial charge in [0, 0.05) is 11.8 Å². The van der Waals surface area contributed by atoms with Crippen molar-refractivity contribution in [1.82, 2.24) is 0 Å². The van der Waals surface area contributed by atoms with Crippen molar-refractivity contribution < 1.29 is 14.3 Å². The van der Waals surface area contributed by atoms with Crippen LogP contribution in [0.5, 0.6) is 11.5 Å². The van der Waals surface area contributed by atoms with Crippen LogP contribution in [-0.2, 0) is 4.79 Å². The highest BCUT2D eigenvalue weighted by Gasteiger charge is 2.11. The number of ether oxygens (including phenoxy) is 2. The molecule has 0 heterocycles. The number of nitrogens with one attached hydrogen (secondary N) is 1. The van der Waals surface area contributed by atoms with Gasteiger partial charge in [0.05, 0.1) is 18.5 Å². The van der Waals surface area contributed by atoms with Crippen molar-refractivity contribution in [3.05, 3.63) is 18.2 Å². The Kier molecular flexibility index (Phi) is 5.28. The normalized spacial score (nSPS) is 11.8. The van der Waals surface area contributed by atoms with Crippen molar-refractivity contribution in [2.45, 2.75) is 18.7 Å². The van der Waals surface area contributed by atoms with Gasteiger partial charge in [0.2, 0.25) is 5.91 Å². The number of hydrogen-bond acceptors (Lipinski definition) is 3. The third-order valence-corrected chi connectivity index (χ3v) is 2.51. The molecule has 0 saturated carbocycles. The molecule has 1 atom stereocenters. The Morgan fingerprint density at radius 2 is 2.18 bits per heavy atom. The fourth-order valence-corrected chi connectivity index (χ4v) is 1.38. The van der Waals surface area contributed by atoms with Crippen LogP contribution in [0.4, 0.5) is 5.69 Å². The summed E-state index contributed by atoms with van der Waals surface area (Å²) in [5.74, 6) is 1.17. The smallest absolute Gasteiger partial charge is 0.237 e. The molecule has 1 amide bonds. The van der Waals surface area contributed by atoms with E-state index in [0.717, 1.165) is 0 Å². The average molecular weight is 302 g/mol. The lowest BCUT2D eigenvalue weighted by molar-refractivity contribution is -0.115. The van der Waals surface area contributed by atoms with Crippen LogP contribution in [0.3, 0.4) is 0 Å². The highest BCUT2D eigenvalue weighted by molar-refractivity contribution is 9.10. The summed E-state index contributed by atoms with van der Waals surface area (Å²) in [7, 11) is 1.58. The number of rotatable bonds is 5. The molecule has 0 spiro atoms. The summed E-state index contributed by atoms with van der Waals surface area (Å²) in [5.41, 5.74) is 0.686. The molecular formula is C12H16BrNO3. The van der Waals surface area contributed by atoms with Gasteiger partial charge < -0.3 is 14.8 Å². The molecular weight excluding hydrogens is 286 g/mol. The first-order chi connectivity index (χ1) is 8.08. The first-order valence-electron chi connectivity index (χ1n) is 5.34. The first kappa shape index (κ1) is 13.8. The zero-order valence-electron chi connectivity index (χ0n) is 10.1. The molecule has 0 aliphatic carbocycles. The average Bonchev–Trinajstić information content (AvgIpc) is 2.29. The number of carbonyl (C=O) groups excluding carboxylic acids is 1. The highest BCUT2D eigenvalue weighted by Crippen LogP contribution is 2.30. The molecule has 1 aromatic carbocycles. The minimum Gasteiger partial charge on any atom is -0.493 e. The highest BCUT2D eigenvalue weighted by atomic mass is 79.9. The number of anilines is 1. The Morgan fingerprint density at radius 3 is 2.71 bits per heavy atom. The van der Waals surface area contributed by atoms with E-state index >= 15 is 0 Å². The van der Waals surface area contributed by atoms with Crippen molar-refractivity contribution in [3.63, 3.8) is 0 Å². The summed E-state index contributed by atoms with van der Waals surface area (Å²) >= 11 is 3.21. The lowest BCUT2D eigenvalue weighted by atomic mass is 10.2. The number of hydrogen-bond donors (Lipinski definition) is 1. The molecule has 1 N–H and O–H groups in total. The minimum absolute atomic E-state index is 0.0994. The van der Waals surface area contributed by atoms with Crippen LogP contribution < -0.4 is 14.8 Å². The monoisotopic (exact) mass is 301 g/mol. The predicted molar refractivity (Wildman–Crippen MR) is 71.2 cm³/mol. The molecule has 1 aromatic rings. The molecule has 0 aliphatic heterocycles. The van der Waals surface area contributed by atoms with Gasteiger partial charge in [-0.25, -0.2) is 0 Å². The van der Waals surface area contributed by atoms with Gasteiger partial charge in [-0.3, -0.25) is 4.79 Å². The molecule has 0 bridgehead atoms. The number of halogens is 1. The van der Waals surface area contributed by atoms with Gasteiger partial charge in [0.15, 0.2) is 11.5 Å². The van der Waals surface area contributed by atoms with E-state index in [-0.39, 0.29) is 10.7 Å². The second kappa shape index (κ2) is 6.49. The largest absolute Gasteiger partial charge is 0.493 e. The number of methoxy groups -OCH3 is 1. The molecule has 5 heteroatoms. The van der Waals surface area contributed by atoms with Gasteiger partial charge in [-0.2, -0.15) is 0 Å². The standard InChI is InChI=1S/C12H16BrNO3/c1-4-17-11-7-9(5-6-10(11)16-3)14-12(15)8(2)13/h5-8H,4H2,1-3H3,(H,14,15). The number of carbonyl (C=O) groups is 1. The molecule has 1 unspecified atom stereocenters. The van der Waals surface area contributed by atoms with Gasteiger partial charge in [0.25, 0.3) is 0 Å². The van der Waals surface area contributed by atoms with Crippen molar-refractivity contribution in [2.24, 2.45) is 0 Å². The second-order valence-corrected chi connectivity index (χ2v) is 4.78. The zero-order valence-corrected chi connectivity index (χ0v) is 11.7. The summed E-state index contributed by atoms with van der Waals surface area (Å²) in [5, 5.41) is 2.77. The van der Waals surface area contributed by atoms with E-state index in [0.29, 0.717) is 23.8 Å². The van der Waals surface area contributed by atoms with E-state index in [2.05, 4.69) is 21.2 Å². The van der Waals surface area contributed by atoms with Gasteiger partial charge >= 0.3 is 0 Å². The quantitative estimate of drug-likeness (QED) is 0.851. The van der Waals surface area contributed by atoms with Crippen LogP contribution in [0.15, 0.2) is 18.2 Å². The Morgan fingerprint density at radius 1 is 1.47 bits per heavy atom. The number of benzene rings is 1. The molecule has 0 radical (unpaired) electrons. The molecule has 4 nitrogen and oxygen atoms in total. The van der Waals surface area contributed by atoms with Crippen LogP contribution in [0, 0.1) is 0 Å². The van der Waals surface area contributed by atoms with Gasteiger partial charge in [0.1, 0.15) is 0 Å². The van der Waals surface area contributed by atoms with Crippen LogP contribution in [0.25, 0.3) is 0 Å². The Labute approximate surface area is 109 Å². The van der Waals surface area contributed by atoms with Crippen molar-refractivity contribution in [2.75, 3.05) is 19.0 Å². The third-order valence-electron chi connectivity index (χ3n) is 2.09. The Bertz CT molecular complexity index is 393. The van der Waals surface area contributed by atoms with Gasteiger partial charge in [-0.1, -0.05) is 15.9 Å². The van der Waals surface area contributed by atoms with Crippen LogP contribution in [0.1, 0.15) is 13.8 Å². The van der Waals surface area contributed by atoms with Crippen LogP contribution in [0.2, 0.25) is 0 Å². The van der Waals surface area contributed by atoms with Crippen molar-refractivity contribution in [1.29, 1.82) is 0 Å². The summed E-state index contributed by atoms with van der Waals surface area (Å²) in [6.07, 6.45) is 0. The Balaban J connectivity index is 2.88. The third kappa shape index (κ3) is 3.93. The molecule has 0 aliphatic rings. The maximum Gasteiger partial charge on any atom is 0.237 e. The fourth-order valence-electron chi connectivity index (χ4n) is 1.26. The summed E-state index contributed by atoms with van der Waals surface area (Å²) in [4.78, 5) is 11.3. The van der Waals surface area contributed by atoms with E-state index in [4.69, 9.17) is 9.47 Å². The summed E-state index contributed by atoms with van der Waals surface area (Å²) in [6, 6.07) is 5.28. The summed E-state index contributed by atoms with van der Waals surface area (Å²) in [6.45, 7) is 4.20. The van der Waals surface area contributed by atoms with Crippen molar-refractivity contribution in [3.8, 4) is 11.5 Å². The zero-order chi connectivity index (χ0) is 12.8. The van der Waals surface area contributed by atoms with Crippen LogP contribution >= 0.6 is 15.9 Å². The fraction of sp³-hybridized carbons (Fsp3) is 0.417. The SMILES string of the molecule is CCOc1cc(NC(=O)C(C)Br)ccc1OC. The van der Waals surface area contributed by atoms with E-state index < -0.39 is 0 Å². The first-order valence-corrected chi connectivity index (χ1v) is 6.25. The second-order valence-electron chi connectivity index (χ2n) is 3.40. The van der Waals surface area contributed by atoms with E-state index in [9.17, 15) is 4.79 Å². The van der Waals surface area contributed by atoms with E-state index in [1.165, 1.54) is 0 Å². The lowest BCUT2D eigenvalue weighted by Crippen LogP contribution is -2.19. The van der Waals surface area contributed by atoms with Gasteiger partial charge in [-0.05, 0) is 26.0 Å². The lowest BCUT2D eigenvalue weighted by Gasteiger charge is -2.12. The molecule has 0 aromatic heterocycles. The topological polar surface area (TPSA) is 47.6 Å². The summed E-state index contributed by atoms with van der Waals surface area (Å²) < 4.78 is 10.6. The van der Waals surface area contributed by atoms with Crippen LogP contribution in [-0.4, -0.2) is 24.5 Å². The van der Waals surface area contributed by atoms with Gasteiger partial charge in [-0.15, -0.1) is 0 Å². The van der Waals surface area contributed by atoms with Crippen molar-refractivity contribution >= 4 is 27.5 Å². The van der Waals surface area contributed by atoms with E-state index in [1.54, 1.807) is 32.2 Å². The Hall–Kier alpha value is -1.23. The molecule has 17 heavy (non-hydrogen) atoms. The number of alkyl halides is 1. The molecule has 0 saturated heterocycles. The maximum absolute atomic E-state index is 11.5.